The number of hydrogen-bond acceptors (Lipinski definition) is 7. The van der Waals surface area contributed by atoms with E-state index < -0.39 is 30.7 Å². The van der Waals surface area contributed by atoms with Gasteiger partial charge in [0.1, 0.15) is 31.0 Å². The molecule has 1 aliphatic rings. The molecule has 1 aliphatic heterocycles. The van der Waals surface area contributed by atoms with Gasteiger partial charge in [0, 0.05) is 12.8 Å². The summed E-state index contributed by atoms with van der Waals surface area (Å²) >= 11 is 0. The lowest BCUT2D eigenvalue weighted by Crippen LogP contribution is -2.59. The van der Waals surface area contributed by atoms with Crippen molar-refractivity contribution in [2.24, 2.45) is 0 Å². The van der Waals surface area contributed by atoms with Gasteiger partial charge in [0.05, 0.1) is 34.3 Å². The molecule has 3 N–H and O–H groups in total. The molecule has 0 radical (unpaired) electrons. The van der Waals surface area contributed by atoms with E-state index in [1.807, 2.05) is 0 Å². The zero-order valence-corrected chi connectivity index (χ0v) is 27.8. The van der Waals surface area contributed by atoms with Gasteiger partial charge >= 0.3 is 5.97 Å². The van der Waals surface area contributed by atoms with E-state index in [2.05, 4.69) is 28.1 Å². The number of carbonyl (C=O) groups excluding carboxylic acids is 1. The minimum absolute atomic E-state index is 0.179. The van der Waals surface area contributed by atoms with Crippen molar-refractivity contribution in [3.63, 3.8) is 0 Å². The predicted octanol–water partition coefficient (Wildman–Crippen LogP) is 6.27. The summed E-state index contributed by atoms with van der Waals surface area (Å²) < 4.78 is 17.4. The van der Waals surface area contributed by atoms with Crippen LogP contribution in [0.1, 0.15) is 142 Å². The first-order valence-electron chi connectivity index (χ1n) is 17.4. The van der Waals surface area contributed by atoms with Crippen molar-refractivity contribution in [2.75, 3.05) is 40.9 Å². The first-order valence-corrected chi connectivity index (χ1v) is 17.4. The molecule has 8 nitrogen and oxygen atoms in total. The van der Waals surface area contributed by atoms with Gasteiger partial charge in [-0.2, -0.15) is 0 Å². The molecule has 1 saturated heterocycles. The molecule has 0 saturated carbocycles. The van der Waals surface area contributed by atoms with Crippen LogP contribution >= 0.6 is 0 Å². The monoisotopic (exact) mass is 602 g/mol. The Hall–Kier alpha value is -0.770. The fourth-order valence-corrected chi connectivity index (χ4v) is 5.53. The van der Waals surface area contributed by atoms with Crippen molar-refractivity contribution in [2.45, 2.75) is 172 Å². The lowest BCUT2D eigenvalue weighted by atomic mass is 9.99. The van der Waals surface area contributed by atoms with E-state index in [1.54, 1.807) is 0 Å². The van der Waals surface area contributed by atoms with E-state index in [4.69, 9.17) is 14.2 Å². The zero-order chi connectivity index (χ0) is 31.1. The highest BCUT2D eigenvalue weighted by molar-refractivity contribution is 5.69. The maximum atomic E-state index is 12.2. The number of nitrogens with zero attached hydrogens (tertiary/aromatic N) is 1. The lowest BCUT2D eigenvalue weighted by molar-refractivity contribution is -0.870. The topological polar surface area (TPSA) is 105 Å². The minimum Gasteiger partial charge on any atom is -0.463 e. The third-order valence-electron chi connectivity index (χ3n) is 8.32. The highest BCUT2D eigenvalue weighted by atomic mass is 16.7. The molecule has 1 fully saturated rings. The Morgan fingerprint density at radius 3 is 1.55 bits per heavy atom. The third-order valence-corrected chi connectivity index (χ3v) is 8.32. The molecule has 250 valence electrons. The van der Waals surface area contributed by atoms with E-state index in [0.29, 0.717) is 13.0 Å². The van der Waals surface area contributed by atoms with Gasteiger partial charge in [-0.1, -0.05) is 122 Å². The molecule has 5 atom stereocenters. The van der Waals surface area contributed by atoms with Crippen LogP contribution < -0.4 is 0 Å². The molecule has 0 aliphatic carbocycles. The summed E-state index contributed by atoms with van der Waals surface area (Å²) in [6.45, 7) is 3.33. The van der Waals surface area contributed by atoms with Crippen molar-refractivity contribution in [3.8, 4) is 0 Å². The lowest BCUT2D eigenvalue weighted by Gasteiger charge is -2.40. The molecule has 0 aromatic carbocycles. The molecular weight excluding hydrogens is 534 g/mol. The maximum absolute atomic E-state index is 12.2. The van der Waals surface area contributed by atoms with Crippen LogP contribution in [-0.2, 0) is 19.0 Å². The first-order chi connectivity index (χ1) is 20.2. The molecule has 0 amide bonds. The van der Waals surface area contributed by atoms with Crippen molar-refractivity contribution in [1.29, 1.82) is 0 Å². The van der Waals surface area contributed by atoms with Crippen LogP contribution in [0.4, 0.5) is 0 Å². The second kappa shape index (κ2) is 24.5. The highest BCUT2D eigenvalue weighted by Crippen LogP contribution is 2.23. The summed E-state index contributed by atoms with van der Waals surface area (Å²) in [6, 6.07) is 0. The molecule has 1 unspecified atom stereocenters. The van der Waals surface area contributed by atoms with Crippen LogP contribution in [-0.4, -0.2) is 97.4 Å². The van der Waals surface area contributed by atoms with E-state index in [9.17, 15) is 20.1 Å². The van der Waals surface area contributed by atoms with Crippen molar-refractivity contribution in [1.82, 2.24) is 0 Å². The number of aliphatic hydroxyl groups is 3. The van der Waals surface area contributed by atoms with Crippen LogP contribution in [0.5, 0.6) is 0 Å². The second-order valence-corrected chi connectivity index (χ2v) is 13.5. The summed E-state index contributed by atoms with van der Waals surface area (Å²) in [4.78, 5) is 12.2. The van der Waals surface area contributed by atoms with Gasteiger partial charge in [-0.25, -0.2) is 0 Å². The molecule has 1 rings (SSSR count). The number of unbranched alkanes of at least 4 members (excludes halogenated alkanes) is 18. The Kier molecular flexibility index (Phi) is 22.9. The first kappa shape index (κ1) is 39.3. The van der Waals surface area contributed by atoms with E-state index in [-0.39, 0.29) is 12.6 Å². The van der Waals surface area contributed by atoms with Crippen LogP contribution in [0.3, 0.4) is 0 Å². The Labute approximate surface area is 258 Å². The number of rotatable bonds is 27. The normalized spacial score (nSPS) is 22.9. The predicted molar refractivity (Wildman–Crippen MR) is 169 cm³/mol. The Morgan fingerprint density at radius 1 is 0.643 bits per heavy atom. The van der Waals surface area contributed by atoms with Gasteiger partial charge in [-0.05, 0) is 6.42 Å². The number of carbonyl (C=O) groups is 1. The third kappa shape index (κ3) is 20.2. The molecule has 1 heterocycles. The summed E-state index contributed by atoms with van der Waals surface area (Å²) in [5.41, 5.74) is 0. The largest absolute Gasteiger partial charge is 0.463 e. The Balaban J connectivity index is 1.98. The number of quaternary nitrogens is 1. The van der Waals surface area contributed by atoms with E-state index in [1.165, 1.54) is 103 Å². The average Bonchev–Trinajstić information content (AvgIpc) is 2.95. The van der Waals surface area contributed by atoms with Gasteiger partial charge in [0.15, 0.2) is 6.29 Å². The summed E-state index contributed by atoms with van der Waals surface area (Å²) in [6.07, 6.45) is 19.8. The smallest absolute Gasteiger partial charge is 0.305 e. The molecule has 0 aromatic rings. The Bertz CT molecular complexity index is 642. The van der Waals surface area contributed by atoms with Crippen molar-refractivity contribution < 1.29 is 38.8 Å². The molecule has 8 heteroatoms. The fraction of sp³-hybridized carbons (Fsp3) is 0.971. The zero-order valence-electron chi connectivity index (χ0n) is 27.8. The summed E-state index contributed by atoms with van der Waals surface area (Å²) in [5, 5.41) is 30.7. The number of hydrogen-bond donors (Lipinski definition) is 3. The maximum Gasteiger partial charge on any atom is 0.305 e. The van der Waals surface area contributed by atoms with E-state index in [0.717, 1.165) is 36.7 Å². The Morgan fingerprint density at radius 2 is 1.10 bits per heavy atom. The highest BCUT2D eigenvalue weighted by Gasteiger charge is 2.44. The van der Waals surface area contributed by atoms with Gasteiger partial charge in [-0.15, -0.1) is 0 Å². The van der Waals surface area contributed by atoms with Crippen LogP contribution in [0.2, 0.25) is 0 Å². The van der Waals surface area contributed by atoms with Crippen molar-refractivity contribution >= 4 is 5.97 Å². The van der Waals surface area contributed by atoms with Gasteiger partial charge in [-0.3, -0.25) is 4.79 Å². The van der Waals surface area contributed by atoms with Crippen LogP contribution in [0.15, 0.2) is 0 Å². The second-order valence-electron chi connectivity index (χ2n) is 13.5. The molecule has 0 spiro atoms. The number of esters is 1. The van der Waals surface area contributed by atoms with Crippen LogP contribution in [0.25, 0.3) is 0 Å². The number of aliphatic hydroxyl groups excluding tert-OH is 3. The SMILES string of the molecule is CCCCCCCCCCCCCCCCCCCCCC(=O)OC[C@@H]1OC(OCCC[N+](C)(C)C)[C@@H](O)[C@@H](O)[C@@H]1O. The molecule has 0 aromatic heterocycles. The average molecular weight is 603 g/mol. The van der Waals surface area contributed by atoms with E-state index >= 15 is 0 Å². The summed E-state index contributed by atoms with van der Waals surface area (Å²) in [5.74, 6) is -0.334. The molecular formula is C34H68NO7+. The van der Waals surface area contributed by atoms with Crippen molar-refractivity contribution in [3.05, 3.63) is 0 Å². The molecule has 0 bridgehead atoms. The molecule has 42 heavy (non-hydrogen) atoms. The number of ether oxygens (including phenoxy) is 3. The fourth-order valence-electron chi connectivity index (χ4n) is 5.53. The van der Waals surface area contributed by atoms with Gasteiger partial charge in [0.25, 0.3) is 0 Å². The quantitative estimate of drug-likeness (QED) is 0.0578. The minimum atomic E-state index is -1.43. The van der Waals surface area contributed by atoms with Gasteiger partial charge in [0.2, 0.25) is 0 Å². The van der Waals surface area contributed by atoms with Gasteiger partial charge < -0.3 is 34.0 Å². The summed E-state index contributed by atoms with van der Waals surface area (Å²) in [7, 11) is 6.24. The van der Waals surface area contributed by atoms with Crippen LogP contribution in [0, 0.1) is 0 Å². The standard InChI is InChI=1S/C34H68NO7/c1-5-6-7-8-9-10-11-12-13-14-15-16-17-18-19-20-21-22-23-25-30(36)41-28-29-31(37)32(38)33(39)34(42-29)40-27-24-26-35(2,3)4/h29,31-34,37-39H,5-28H2,1-4H3/q+1/t29-,31+,32-,33-,34?/m0/s1.